The van der Waals surface area contributed by atoms with Crippen molar-refractivity contribution in [1.29, 1.82) is 0 Å². The number of carbonyl (C=O) groups excluding carboxylic acids is 1. The van der Waals surface area contributed by atoms with Gasteiger partial charge in [-0.25, -0.2) is 0 Å². The van der Waals surface area contributed by atoms with E-state index in [1.807, 2.05) is 23.1 Å². The van der Waals surface area contributed by atoms with Gasteiger partial charge in [0.05, 0.1) is 0 Å². The highest BCUT2D eigenvalue weighted by atomic mass is 79.9. The highest BCUT2D eigenvalue weighted by Crippen LogP contribution is 2.30. The number of benzene rings is 2. The third-order valence-corrected chi connectivity index (χ3v) is 4.38. The van der Waals surface area contributed by atoms with Gasteiger partial charge < -0.3 is 10.6 Å². The molecule has 1 aliphatic carbocycles. The Morgan fingerprint density at radius 3 is 2.52 bits per heavy atom. The van der Waals surface area contributed by atoms with Gasteiger partial charge in [-0.15, -0.1) is 0 Å². The summed E-state index contributed by atoms with van der Waals surface area (Å²) in [4.78, 5) is 14.7. The molecule has 2 N–H and O–H groups in total. The number of hydrogen-bond acceptors (Lipinski definition) is 2. The van der Waals surface area contributed by atoms with Crippen molar-refractivity contribution < 1.29 is 4.79 Å². The molecule has 4 heteroatoms. The van der Waals surface area contributed by atoms with Crippen molar-refractivity contribution in [2.75, 3.05) is 5.73 Å². The maximum atomic E-state index is 12.8. The van der Waals surface area contributed by atoms with Gasteiger partial charge in [0.25, 0.3) is 5.91 Å². The summed E-state index contributed by atoms with van der Waals surface area (Å²) in [6.45, 7) is 0.659. The number of anilines is 1. The van der Waals surface area contributed by atoms with Gasteiger partial charge in [-0.3, -0.25) is 4.79 Å². The minimum absolute atomic E-state index is 0.0713. The van der Waals surface area contributed by atoms with E-state index in [0.29, 0.717) is 23.8 Å². The minimum atomic E-state index is 0.0713. The maximum Gasteiger partial charge on any atom is 0.254 e. The molecular weight excluding hydrogens is 328 g/mol. The predicted molar refractivity (Wildman–Crippen MR) is 87.9 cm³/mol. The van der Waals surface area contributed by atoms with Crippen LogP contribution >= 0.6 is 15.9 Å². The molecule has 1 amide bonds. The highest BCUT2D eigenvalue weighted by Gasteiger charge is 2.33. The first-order chi connectivity index (χ1) is 10.1. The second-order valence-corrected chi connectivity index (χ2v) is 6.24. The summed E-state index contributed by atoms with van der Waals surface area (Å²) < 4.78 is 0.767. The third kappa shape index (κ3) is 3.27. The molecule has 0 heterocycles. The Morgan fingerprint density at radius 2 is 1.90 bits per heavy atom. The lowest BCUT2D eigenvalue weighted by molar-refractivity contribution is 0.0730. The molecule has 3 nitrogen and oxygen atoms in total. The molecule has 2 aromatic rings. The smallest absolute Gasteiger partial charge is 0.254 e. The Bertz CT molecular complexity index is 653. The second kappa shape index (κ2) is 5.90. The lowest BCUT2D eigenvalue weighted by Crippen LogP contribution is -2.32. The Labute approximate surface area is 132 Å². The fourth-order valence-corrected chi connectivity index (χ4v) is 2.74. The van der Waals surface area contributed by atoms with Gasteiger partial charge in [-0.1, -0.05) is 30.3 Å². The van der Waals surface area contributed by atoms with E-state index in [1.165, 1.54) is 0 Å². The molecule has 0 aliphatic heterocycles. The highest BCUT2D eigenvalue weighted by molar-refractivity contribution is 9.10. The van der Waals surface area contributed by atoms with E-state index in [1.54, 1.807) is 18.2 Å². The Hall–Kier alpha value is -1.81. The summed E-state index contributed by atoms with van der Waals surface area (Å²) >= 11 is 3.39. The number of amides is 1. The molecule has 1 saturated carbocycles. The van der Waals surface area contributed by atoms with Crippen molar-refractivity contribution in [1.82, 2.24) is 4.90 Å². The number of halogens is 1. The number of carbonyl (C=O) groups is 1. The summed E-state index contributed by atoms with van der Waals surface area (Å²) in [5, 5.41) is 0. The average molecular weight is 345 g/mol. The summed E-state index contributed by atoms with van der Waals surface area (Å²) in [7, 11) is 0. The van der Waals surface area contributed by atoms with E-state index in [4.69, 9.17) is 5.73 Å². The molecule has 0 spiro atoms. The zero-order valence-electron chi connectivity index (χ0n) is 11.6. The summed E-state index contributed by atoms with van der Waals surface area (Å²) in [5.74, 6) is 0.0713. The molecule has 0 radical (unpaired) electrons. The fourth-order valence-electron chi connectivity index (χ4n) is 2.36. The topological polar surface area (TPSA) is 46.3 Å². The zero-order valence-corrected chi connectivity index (χ0v) is 13.2. The largest absolute Gasteiger partial charge is 0.398 e. The monoisotopic (exact) mass is 344 g/mol. The maximum absolute atomic E-state index is 12.8. The van der Waals surface area contributed by atoms with Crippen LogP contribution in [0.1, 0.15) is 28.8 Å². The van der Waals surface area contributed by atoms with E-state index < -0.39 is 0 Å². The van der Waals surface area contributed by atoms with Gasteiger partial charge in [-0.2, -0.15) is 0 Å². The number of nitrogens with zero attached hydrogens (tertiary/aromatic N) is 1. The molecule has 1 aliphatic rings. The molecule has 21 heavy (non-hydrogen) atoms. The minimum Gasteiger partial charge on any atom is -0.398 e. The summed E-state index contributed by atoms with van der Waals surface area (Å²) in [6, 6.07) is 15.8. The van der Waals surface area contributed by atoms with Crippen LogP contribution in [0.3, 0.4) is 0 Å². The van der Waals surface area contributed by atoms with E-state index in [9.17, 15) is 4.79 Å². The first-order valence-electron chi connectivity index (χ1n) is 7.05. The molecule has 0 bridgehead atoms. The number of rotatable bonds is 4. The zero-order chi connectivity index (χ0) is 14.8. The number of nitrogen functional groups attached to an aromatic ring is 1. The molecule has 0 saturated heterocycles. The van der Waals surface area contributed by atoms with Crippen molar-refractivity contribution in [3.63, 3.8) is 0 Å². The molecule has 1 fully saturated rings. The van der Waals surface area contributed by atoms with Gasteiger partial charge in [-0.05, 0) is 52.5 Å². The van der Waals surface area contributed by atoms with Crippen LogP contribution in [0.25, 0.3) is 0 Å². The first kappa shape index (κ1) is 14.1. The third-order valence-electron chi connectivity index (χ3n) is 3.69. The van der Waals surface area contributed by atoms with Gasteiger partial charge >= 0.3 is 0 Å². The molecule has 0 unspecified atom stereocenters. The van der Waals surface area contributed by atoms with Gasteiger partial charge in [0.15, 0.2) is 0 Å². The Morgan fingerprint density at radius 1 is 1.19 bits per heavy atom. The SMILES string of the molecule is Nc1ccc(C(=O)N(Cc2ccccc2)C2CC2)cc1Br. The van der Waals surface area contributed by atoms with E-state index in [2.05, 4.69) is 28.1 Å². The van der Waals surface area contributed by atoms with Crippen LogP contribution in [0.15, 0.2) is 53.0 Å². The van der Waals surface area contributed by atoms with E-state index in [0.717, 1.165) is 22.9 Å². The summed E-state index contributed by atoms with van der Waals surface area (Å²) in [5.41, 5.74) is 8.27. The van der Waals surface area contributed by atoms with Gasteiger partial charge in [0.1, 0.15) is 0 Å². The summed E-state index contributed by atoms with van der Waals surface area (Å²) in [6.07, 6.45) is 2.18. The van der Waals surface area contributed by atoms with Crippen molar-refractivity contribution in [3.05, 3.63) is 64.1 Å². The van der Waals surface area contributed by atoms with Gasteiger partial charge in [0, 0.05) is 28.3 Å². The standard InChI is InChI=1S/C17H17BrN2O/c18-15-10-13(6-9-16(15)19)17(21)20(14-7-8-14)11-12-4-2-1-3-5-12/h1-6,9-10,14H,7-8,11,19H2. The van der Waals surface area contributed by atoms with Crippen molar-refractivity contribution in [2.24, 2.45) is 0 Å². The molecule has 0 atom stereocenters. The van der Waals surface area contributed by atoms with Crippen LogP contribution in [-0.2, 0) is 6.54 Å². The van der Waals surface area contributed by atoms with Crippen LogP contribution in [-0.4, -0.2) is 16.8 Å². The van der Waals surface area contributed by atoms with Crippen molar-refractivity contribution in [3.8, 4) is 0 Å². The van der Waals surface area contributed by atoms with E-state index >= 15 is 0 Å². The Balaban J connectivity index is 1.83. The van der Waals surface area contributed by atoms with Crippen LogP contribution in [0.2, 0.25) is 0 Å². The molecular formula is C17H17BrN2O. The lowest BCUT2D eigenvalue weighted by Gasteiger charge is -2.23. The molecule has 2 aromatic carbocycles. The van der Waals surface area contributed by atoms with Crippen LogP contribution in [0.5, 0.6) is 0 Å². The van der Waals surface area contributed by atoms with Crippen LogP contribution in [0, 0.1) is 0 Å². The molecule has 0 aromatic heterocycles. The fraction of sp³-hybridized carbons (Fsp3) is 0.235. The normalized spacial score (nSPS) is 14.0. The van der Waals surface area contributed by atoms with Crippen LogP contribution < -0.4 is 5.73 Å². The first-order valence-corrected chi connectivity index (χ1v) is 7.84. The van der Waals surface area contributed by atoms with E-state index in [-0.39, 0.29) is 5.91 Å². The number of nitrogens with two attached hydrogens (primary N) is 1. The molecule has 108 valence electrons. The Kier molecular flexibility index (Phi) is 3.97. The van der Waals surface area contributed by atoms with Crippen molar-refractivity contribution in [2.45, 2.75) is 25.4 Å². The second-order valence-electron chi connectivity index (χ2n) is 5.39. The number of hydrogen-bond donors (Lipinski definition) is 1. The van der Waals surface area contributed by atoms with Crippen molar-refractivity contribution >= 4 is 27.5 Å². The van der Waals surface area contributed by atoms with Gasteiger partial charge in [0.2, 0.25) is 0 Å². The van der Waals surface area contributed by atoms with Crippen LogP contribution in [0.4, 0.5) is 5.69 Å². The average Bonchev–Trinajstić information content (AvgIpc) is 3.33. The predicted octanol–water partition coefficient (Wildman–Crippen LogP) is 3.84. The molecule has 3 rings (SSSR count). The lowest BCUT2D eigenvalue weighted by atomic mass is 10.1. The quantitative estimate of drug-likeness (QED) is 0.856.